The number of benzene rings is 2. The quantitative estimate of drug-likeness (QED) is 0.884. The zero-order valence-electron chi connectivity index (χ0n) is 9.98. The smallest absolute Gasteiger partial charge is 0.120 e. The first kappa shape index (κ1) is 12.6. The first-order chi connectivity index (χ1) is 8.70. The lowest BCUT2D eigenvalue weighted by Gasteiger charge is -2.10. The molecule has 0 fully saturated rings. The van der Waals surface area contributed by atoms with Gasteiger partial charge >= 0.3 is 0 Å². The van der Waals surface area contributed by atoms with Crippen LogP contribution in [0.25, 0.3) is 0 Å². The molecule has 0 heterocycles. The molecule has 94 valence electrons. The summed E-state index contributed by atoms with van der Waals surface area (Å²) in [6, 6.07) is 12.6. The SMILES string of the molecule is COc1ccc(O)c(CNc2ccccc2Cl)c1. The van der Waals surface area contributed by atoms with Gasteiger partial charge in [0.05, 0.1) is 17.8 Å². The summed E-state index contributed by atoms with van der Waals surface area (Å²) in [5, 5.41) is 13.6. The number of phenolic OH excluding ortho intramolecular Hbond substituents is 1. The Morgan fingerprint density at radius 1 is 1.22 bits per heavy atom. The molecule has 18 heavy (non-hydrogen) atoms. The van der Waals surface area contributed by atoms with E-state index < -0.39 is 0 Å². The van der Waals surface area contributed by atoms with Crippen molar-refractivity contribution in [3.05, 3.63) is 53.1 Å². The van der Waals surface area contributed by atoms with Crippen LogP contribution in [0.15, 0.2) is 42.5 Å². The Hall–Kier alpha value is -1.87. The fourth-order valence-electron chi connectivity index (χ4n) is 1.63. The highest BCUT2D eigenvalue weighted by Gasteiger charge is 2.04. The lowest BCUT2D eigenvalue weighted by molar-refractivity contribution is 0.411. The maximum Gasteiger partial charge on any atom is 0.120 e. The lowest BCUT2D eigenvalue weighted by atomic mass is 10.2. The normalized spacial score (nSPS) is 10.1. The van der Waals surface area contributed by atoms with E-state index in [1.165, 1.54) is 0 Å². The summed E-state index contributed by atoms with van der Waals surface area (Å²) in [7, 11) is 1.59. The first-order valence-electron chi connectivity index (χ1n) is 5.55. The Morgan fingerprint density at radius 2 is 2.00 bits per heavy atom. The van der Waals surface area contributed by atoms with Crippen LogP contribution in [-0.2, 0) is 6.54 Å². The van der Waals surface area contributed by atoms with E-state index in [4.69, 9.17) is 16.3 Å². The molecule has 0 saturated heterocycles. The predicted octanol–water partition coefficient (Wildman–Crippen LogP) is 3.67. The van der Waals surface area contributed by atoms with Crippen LogP contribution in [0.1, 0.15) is 5.56 Å². The fraction of sp³-hybridized carbons (Fsp3) is 0.143. The summed E-state index contributed by atoms with van der Waals surface area (Å²) in [4.78, 5) is 0. The largest absolute Gasteiger partial charge is 0.508 e. The zero-order valence-corrected chi connectivity index (χ0v) is 10.7. The second kappa shape index (κ2) is 5.65. The van der Waals surface area contributed by atoms with Crippen LogP contribution >= 0.6 is 11.6 Å². The average molecular weight is 264 g/mol. The molecule has 2 aromatic rings. The standard InChI is InChI=1S/C14H14ClNO2/c1-18-11-6-7-14(17)10(8-11)9-16-13-5-3-2-4-12(13)15/h2-8,16-17H,9H2,1H3. The summed E-state index contributed by atoms with van der Waals surface area (Å²) in [6.45, 7) is 0.479. The van der Waals surface area contributed by atoms with Gasteiger partial charge in [-0.05, 0) is 30.3 Å². The molecule has 2 aromatic carbocycles. The van der Waals surface area contributed by atoms with Crippen LogP contribution in [0.5, 0.6) is 11.5 Å². The van der Waals surface area contributed by atoms with Crippen LogP contribution in [-0.4, -0.2) is 12.2 Å². The van der Waals surface area contributed by atoms with E-state index in [0.29, 0.717) is 17.3 Å². The van der Waals surface area contributed by atoms with E-state index in [2.05, 4.69) is 5.32 Å². The van der Waals surface area contributed by atoms with Crippen molar-refractivity contribution in [2.45, 2.75) is 6.54 Å². The topological polar surface area (TPSA) is 41.5 Å². The molecule has 0 aliphatic heterocycles. The maximum atomic E-state index is 9.75. The molecule has 0 aromatic heterocycles. The molecule has 3 nitrogen and oxygen atoms in total. The van der Waals surface area contributed by atoms with E-state index in [1.54, 1.807) is 25.3 Å². The third-order valence-corrected chi connectivity index (χ3v) is 2.96. The van der Waals surface area contributed by atoms with Gasteiger partial charge in [-0.1, -0.05) is 23.7 Å². The molecule has 0 unspecified atom stereocenters. The monoisotopic (exact) mass is 263 g/mol. The van der Waals surface area contributed by atoms with Crippen molar-refractivity contribution >= 4 is 17.3 Å². The molecule has 0 saturated carbocycles. The van der Waals surface area contributed by atoms with E-state index in [9.17, 15) is 5.11 Å². The molecule has 0 spiro atoms. The van der Waals surface area contributed by atoms with Crippen LogP contribution in [0.2, 0.25) is 5.02 Å². The number of methoxy groups -OCH3 is 1. The van der Waals surface area contributed by atoms with Crippen molar-refractivity contribution in [2.75, 3.05) is 12.4 Å². The van der Waals surface area contributed by atoms with Gasteiger partial charge in [-0.3, -0.25) is 0 Å². The van der Waals surface area contributed by atoms with Crippen LogP contribution in [0.3, 0.4) is 0 Å². The van der Waals surface area contributed by atoms with Crippen molar-refractivity contribution in [3.63, 3.8) is 0 Å². The summed E-state index contributed by atoms with van der Waals surface area (Å²) >= 11 is 6.04. The second-order valence-corrected chi connectivity index (χ2v) is 4.24. The van der Waals surface area contributed by atoms with E-state index in [-0.39, 0.29) is 5.75 Å². The Balaban J connectivity index is 2.13. The number of hydrogen-bond donors (Lipinski definition) is 2. The lowest BCUT2D eigenvalue weighted by Crippen LogP contribution is -2.00. The summed E-state index contributed by atoms with van der Waals surface area (Å²) in [5.74, 6) is 0.944. The average Bonchev–Trinajstić information content (AvgIpc) is 2.39. The third kappa shape index (κ3) is 2.87. The Kier molecular flexibility index (Phi) is 3.95. The number of hydrogen-bond acceptors (Lipinski definition) is 3. The van der Waals surface area contributed by atoms with E-state index >= 15 is 0 Å². The van der Waals surface area contributed by atoms with Gasteiger partial charge < -0.3 is 15.2 Å². The molecular weight excluding hydrogens is 250 g/mol. The summed E-state index contributed by atoms with van der Waals surface area (Å²) in [6.07, 6.45) is 0. The number of aromatic hydroxyl groups is 1. The van der Waals surface area contributed by atoms with Crippen molar-refractivity contribution in [1.82, 2.24) is 0 Å². The molecule has 2 rings (SSSR count). The number of rotatable bonds is 4. The van der Waals surface area contributed by atoms with Gasteiger partial charge in [0.25, 0.3) is 0 Å². The highest BCUT2D eigenvalue weighted by Crippen LogP contribution is 2.26. The molecular formula is C14H14ClNO2. The minimum absolute atomic E-state index is 0.232. The van der Waals surface area contributed by atoms with Gasteiger partial charge in [-0.25, -0.2) is 0 Å². The highest BCUT2D eigenvalue weighted by molar-refractivity contribution is 6.33. The molecule has 0 atom stereocenters. The predicted molar refractivity (Wildman–Crippen MR) is 73.4 cm³/mol. The molecule has 0 radical (unpaired) electrons. The van der Waals surface area contributed by atoms with E-state index in [1.807, 2.05) is 24.3 Å². The molecule has 0 aliphatic rings. The van der Waals surface area contributed by atoms with Gasteiger partial charge in [0.15, 0.2) is 0 Å². The number of halogens is 1. The first-order valence-corrected chi connectivity index (χ1v) is 5.93. The van der Waals surface area contributed by atoms with Crippen LogP contribution < -0.4 is 10.1 Å². The fourth-order valence-corrected chi connectivity index (χ4v) is 1.83. The second-order valence-electron chi connectivity index (χ2n) is 3.83. The Morgan fingerprint density at radius 3 is 2.72 bits per heavy atom. The Labute approximate surface area is 111 Å². The number of para-hydroxylation sites is 1. The van der Waals surface area contributed by atoms with Crippen molar-refractivity contribution in [3.8, 4) is 11.5 Å². The van der Waals surface area contributed by atoms with E-state index in [0.717, 1.165) is 11.3 Å². The van der Waals surface area contributed by atoms with Gasteiger partial charge in [0.2, 0.25) is 0 Å². The van der Waals surface area contributed by atoms with Crippen molar-refractivity contribution < 1.29 is 9.84 Å². The molecule has 0 amide bonds. The van der Waals surface area contributed by atoms with Gasteiger partial charge in [0.1, 0.15) is 11.5 Å². The van der Waals surface area contributed by atoms with Crippen LogP contribution in [0, 0.1) is 0 Å². The highest BCUT2D eigenvalue weighted by atomic mass is 35.5. The van der Waals surface area contributed by atoms with Gasteiger partial charge in [-0.2, -0.15) is 0 Å². The van der Waals surface area contributed by atoms with Crippen LogP contribution in [0.4, 0.5) is 5.69 Å². The summed E-state index contributed by atoms with van der Waals surface area (Å²) < 4.78 is 5.12. The minimum Gasteiger partial charge on any atom is -0.508 e. The number of phenols is 1. The van der Waals surface area contributed by atoms with Crippen molar-refractivity contribution in [1.29, 1.82) is 0 Å². The molecule has 0 bridgehead atoms. The summed E-state index contributed by atoms with van der Waals surface area (Å²) in [5.41, 5.74) is 1.59. The van der Waals surface area contributed by atoms with Crippen molar-refractivity contribution in [2.24, 2.45) is 0 Å². The van der Waals surface area contributed by atoms with Gasteiger partial charge in [-0.15, -0.1) is 0 Å². The third-order valence-electron chi connectivity index (χ3n) is 2.63. The zero-order chi connectivity index (χ0) is 13.0. The molecule has 2 N–H and O–H groups in total. The Bertz CT molecular complexity index is 543. The number of ether oxygens (including phenoxy) is 1. The maximum absolute atomic E-state index is 9.75. The molecule has 4 heteroatoms. The van der Waals surface area contributed by atoms with Gasteiger partial charge in [0, 0.05) is 12.1 Å². The number of anilines is 1. The number of nitrogens with one attached hydrogen (secondary N) is 1. The minimum atomic E-state index is 0.232. The molecule has 0 aliphatic carbocycles.